The monoisotopic (exact) mass is 948 g/mol. The molecule has 0 fully saturated rings. The van der Waals surface area contributed by atoms with Crippen molar-refractivity contribution in [2.24, 2.45) is 0 Å². The quantitative estimate of drug-likeness (QED) is 0.142. The number of aromatic nitrogens is 2. The molecule has 0 saturated carbocycles. The second-order valence-corrected chi connectivity index (χ2v) is 15.0. The standard InChI is InChI=1S/C56H39N3.Pt/c1-38-36-57-54(34-52(38)45-28-26-40-14-6-8-18-43(40)30-45)47-20-12-22-49(32-47)59(56-25-11-10-24-51(56)42-16-4-3-5-17-42)50-23-13-21-48(33-50)55-35-53(39(2)37-58-55)46-29-27-41-15-7-9-19-44(41)31-46;/h3-31,34-37H,1-2H3;/q-2;+2. The maximum Gasteiger partial charge on any atom is 2.00 e. The minimum atomic E-state index is 0. The van der Waals surface area contributed by atoms with Gasteiger partial charge in [0.05, 0.1) is 5.69 Å². The van der Waals surface area contributed by atoms with Crippen LogP contribution in [0.4, 0.5) is 17.1 Å². The van der Waals surface area contributed by atoms with Gasteiger partial charge < -0.3 is 14.9 Å². The Morgan fingerprint density at radius 1 is 0.383 bits per heavy atom. The predicted molar refractivity (Wildman–Crippen MR) is 246 cm³/mol. The molecule has 0 aliphatic carbocycles. The van der Waals surface area contributed by atoms with E-state index in [1.807, 2.05) is 12.4 Å². The number of aryl methyl sites for hydroxylation is 2. The second-order valence-electron chi connectivity index (χ2n) is 15.0. The molecule has 2 heterocycles. The molecule has 0 aliphatic heterocycles. The number of hydrogen-bond donors (Lipinski definition) is 0. The number of para-hydroxylation sites is 1. The van der Waals surface area contributed by atoms with E-state index in [0.29, 0.717) is 0 Å². The van der Waals surface area contributed by atoms with Gasteiger partial charge in [0, 0.05) is 18.0 Å². The Hall–Kier alpha value is -6.93. The molecule has 4 heteroatoms. The summed E-state index contributed by atoms with van der Waals surface area (Å²) in [6.45, 7) is 4.25. The molecule has 0 radical (unpaired) electrons. The molecule has 10 aromatic rings. The minimum absolute atomic E-state index is 0. The fraction of sp³-hybridized carbons (Fsp3) is 0.0357. The molecule has 0 unspecified atom stereocenters. The number of anilines is 3. The first kappa shape index (κ1) is 38.6. The Labute approximate surface area is 366 Å². The average molecular weight is 949 g/mol. The third-order valence-corrected chi connectivity index (χ3v) is 11.2. The maximum atomic E-state index is 4.95. The van der Waals surface area contributed by atoms with Crippen LogP contribution >= 0.6 is 0 Å². The molecule has 60 heavy (non-hydrogen) atoms. The summed E-state index contributed by atoms with van der Waals surface area (Å²) < 4.78 is 0. The molecule has 0 bridgehead atoms. The van der Waals surface area contributed by atoms with Gasteiger partial charge in [-0.05, 0) is 115 Å². The van der Waals surface area contributed by atoms with Crippen molar-refractivity contribution < 1.29 is 21.1 Å². The van der Waals surface area contributed by atoms with E-state index in [0.717, 1.165) is 73.0 Å². The zero-order valence-electron chi connectivity index (χ0n) is 33.2. The van der Waals surface area contributed by atoms with Crippen molar-refractivity contribution in [3.05, 3.63) is 224 Å². The van der Waals surface area contributed by atoms with E-state index in [1.165, 1.54) is 32.7 Å². The molecule has 2 aromatic heterocycles. The number of nitrogens with zero attached hydrogens (tertiary/aromatic N) is 3. The third-order valence-electron chi connectivity index (χ3n) is 11.2. The van der Waals surface area contributed by atoms with Crippen molar-refractivity contribution in [1.29, 1.82) is 0 Å². The first-order valence-corrected chi connectivity index (χ1v) is 20.0. The maximum absolute atomic E-state index is 4.95. The second kappa shape index (κ2) is 16.7. The van der Waals surface area contributed by atoms with Crippen LogP contribution in [-0.2, 0) is 21.1 Å². The number of hydrogen-bond acceptors (Lipinski definition) is 3. The van der Waals surface area contributed by atoms with E-state index in [2.05, 4.69) is 219 Å². The zero-order chi connectivity index (χ0) is 39.7. The summed E-state index contributed by atoms with van der Waals surface area (Å²) in [5, 5.41) is 4.88. The predicted octanol–water partition coefficient (Wildman–Crippen LogP) is 14.8. The molecule has 10 rings (SSSR count). The van der Waals surface area contributed by atoms with Gasteiger partial charge in [-0.15, -0.1) is 59.7 Å². The van der Waals surface area contributed by atoms with Gasteiger partial charge in [-0.1, -0.05) is 133 Å². The first-order valence-electron chi connectivity index (χ1n) is 20.0. The van der Waals surface area contributed by atoms with E-state index in [4.69, 9.17) is 9.97 Å². The van der Waals surface area contributed by atoms with Crippen LogP contribution in [0, 0.1) is 26.0 Å². The summed E-state index contributed by atoms with van der Waals surface area (Å²) in [6, 6.07) is 74.0. The van der Waals surface area contributed by atoms with E-state index in [9.17, 15) is 0 Å². The first-order chi connectivity index (χ1) is 29.1. The summed E-state index contributed by atoms with van der Waals surface area (Å²) in [6.07, 6.45) is 3.95. The normalized spacial score (nSPS) is 11.0. The van der Waals surface area contributed by atoms with Crippen LogP contribution in [0.2, 0.25) is 0 Å². The third kappa shape index (κ3) is 7.57. The molecule has 0 N–H and O–H groups in total. The number of benzene rings is 8. The van der Waals surface area contributed by atoms with Crippen LogP contribution in [0.25, 0.3) is 77.4 Å². The number of rotatable bonds is 8. The number of pyridine rings is 2. The van der Waals surface area contributed by atoms with Crippen molar-refractivity contribution in [2.45, 2.75) is 13.8 Å². The van der Waals surface area contributed by atoms with Gasteiger partial charge in [0.1, 0.15) is 0 Å². The smallest absolute Gasteiger partial charge is 0.346 e. The molecule has 8 aromatic carbocycles. The molecule has 0 amide bonds. The van der Waals surface area contributed by atoms with Gasteiger partial charge >= 0.3 is 21.1 Å². The molecule has 3 nitrogen and oxygen atoms in total. The fourth-order valence-electron chi connectivity index (χ4n) is 8.07. The van der Waals surface area contributed by atoms with E-state index in [1.54, 1.807) is 0 Å². The zero-order valence-corrected chi connectivity index (χ0v) is 35.5. The topological polar surface area (TPSA) is 29.0 Å². The van der Waals surface area contributed by atoms with Crippen molar-refractivity contribution in [2.75, 3.05) is 4.90 Å². The molecule has 0 aliphatic rings. The largest absolute Gasteiger partial charge is 2.00 e. The van der Waals surface area contributed by atoms with Gasteiger partial charge in [-0.25, -0.2) is 0 Å². The fourth-order valence-corrected chi connectivity index (χ4v) is 8.07. The van der Waals surface area contributed by atoms with Crippen molar-refractivity contribution in [3.8, 4) is 55.9 Å². The van der Waals surface area contributed by atoms with Crippen LogP contribution < -0.4 is 4.90 Å². The van der Waals surface area contributed by atoms with Crippen LogP contribution in [-0.4, -0.2) is 9.97 Å². The Kier molecular flexibility index (Phi) is 10.8. The molecule has 0 spiro atoms. The summed E-state index contributed by atoms with van der Waals surface area (Å²) in [5.41, 5.74) is 15.4. The van der Waals surface area contributed by atoms with Gasteiger partial charge in [-0.3, -0.25) is 0 Å². The Bertz CT molecular complexity index is 2980. The van der Waals surface area contributed by atoms with Gasteiger partial charge in [0.15, 0.2) is 0 Å². The van der Waals surface area contributed by atoms with E-state index in [-0.39, 0.29) is 21.1 Å². The minimum Gasteiger partial charge on any atom is -0.346 e. The van der Waals surface area contributed by atoms with E-state index >= 15 is 0 Å². The van der Waals surface area contributed by atoms with Crippen molar-refractivity contribution in [3.63, 3.8) is 0 Å². The summed E-state index contributed by atoms with van der Waals surface area (Å²) in [7, 11) is 0. The van der Waals surface area contributed by atoms with Gasteiger partial charge in [0.25, 0.3) is 0 Å². The van der Waals surface area contributed by atoms with Crippen LogP contribution in [0.1, 0.15) is 11.1 Å². The molecule has 0 atom stereocenters. The van der Waals surface area contributed by atoms with Crippen LogP contribution in [0.5, 0.6) is 0 Å². The Morgan fingerprint density at radius 3 is 1.38 bits per heavy atom. The number of fused-ring (bicyclic) bond motifs is 2. The SMILES string of the molecule is Cc1cnc(-c2[c-]c(N(c3[c-]c(-c4cc(-c5ccc6ccccc6c5)c(C)cn4)ccc3)c3ccccc3-c3ccccc3)ccc2)cc1-c1ccc2ccccc2c1.[Pt+2]. The molecule has 288 valence electrons. The Balaban J connectivity index is 0.00000462. The van der Waals surface area contributed by atoms with E-state index < -0.39 is 0 Å². The molecule has 0 saturated heterocycles. The summed E-state index contributed by atoms with van der Waals surface area (Å²) >= 11 is 0. The van der Waals surface area contributed by atoms with Crippen molar-refractivity contribution >= 4 is 38.6 Å². The van der Waals surface area contributed by atoms with Crippen LogP contribution in [0.3, 0.4) is 0 Å². The van der Waals surface area contributed by atoms with Crippen LogP contribution in [0.15, 0.2) is 200 Å². The molecular weight excluding hydrogens is 910 g/mol. The Morgan fingerprint density at radius 2 is 0.850 bits per heavy atom. The van der Waals surface area contributed by atoms with Gasteiger partial charge in [-0.2, -0.15) is 0 Å². The average Bonchev–Trinajstić information content (AvgIpc) is 3.30. The van der Waals surface area contributed by atoms with Crippen molar-refractivity contribution in [1.82, 2.24) is 9.97 Å². The molecular formula is C56H39N3Pt. The van der Waals surface area contributed by atoms with Gasteiger partial charge in [0.2, 0.25) is 0 Å². The summed E-state index contributed by atoms with van der Waals surface area (Å²) in [5.74, 6) is 0. The summed E-state index contributed by atoms with van der Waals surface area (Å²) in [4.78, 5) is 12.2.